The average Bonchev–Trinajstić information content (AvgIpc) is 3.08. The molecule has 0 amide bonds. The number of hydrogen-bond donors (Lipinski definition) is 0. The molecule has 0 aliphatic carbocycles. The van der Waals surface area contributed by atoms with Gasteiger partial charge in [-0.15, -0.1) is 0 Å². The highest BCUT2D eigenvalue weighted by molar-refractivity contribution is 7.89. The van der Waals surface area contributed by atoms with Crippen LogP contribution in [0.2, 0.25) is 0 Å². The van der Waals surface area contributed by atoms with E-state index >= 15 is 0 Å². The van der Waals surface area contributed by atoms with Gasteiger partial charge < -0.3 is 19.1 Å². The number of rotatable bonds is 4. The summed E-state index contributed by atoms with van der Waals surface area (Å²) in [5.41, 5.74) is 0. The maximum atomic E-state index is 12.8. The standard InChI is InChI=1S/C17H25N7O3S/c1-14-19-16(13-21(14)2)28(25,26)24-7-5-22(6-8-24)15-3-4-18-17(20-15)23-9-11-27-12-10-23/h3-4,13H,5-12H2,1-2H3. The first kappa shape index (κ1) is 19.1. The highest BCUT2D eigenvalue weighted by Gasteiger charge is 2.31. The van der Waals surface area contributed by atoms with Gasteiger partial charge in [-0.05, 0) is 13.0 Å². The molecule has 11 heteroatoms. The quantitative estimate of drug-likeness (QED) is 0.691. The fraction of sp³-hybridized carbons (Fsp3) is 0.588. The number of imidazole rings is 1. The summed E-state index contributed by atoms with van der Waals surface area (Å²) in [5, 5.41) is 0.109. The highest BCUT2D eigenvalue weighted by Crippen LogP contribution is 2.21. The normalized spacial score (nSPS) is 19.2. The second-order valence-corrected chi connectivity index (χ2v) is 8.83. The summed E-state index contributed by atoms with van der Waals surface area (Å²) >= 11 is 0. The van der Waals surface area contributed by atoms with Crippen molar-refractivity contribution in [2.75, 3.05) is 62.3 Å². The molecular formula is C17H25N7O3S. The maximum Gasteiger partial charge on any atom is 0.262 e. The number of morpholine rings is 1. The minimum atomic E-state index is -3.57. The summed E-state index contributed by atoms with van der Waals surface area (Å²) in [5.74, 6) is 2.19. The molecule has 0 bridgehead atoms. The number of piperazine rings is 1. The topological polar surface area (TPSA) is 96.7 Å². The van der Waals surface area contributed by atoms with E-state index in [1.165, 1.54) is 4.31 Å². The van der Waals surface area contributed by atoms with E-state index in [2.05, 4.69) is 24.8 Å². The Morgan fingerprint density at radius 3 is 2.36 bits per heavy atom. The Hall–Kier alpha value is -2.24. The van der Waals surface area contributed by atoms with Gasteiger partial charge >= 0.3 is 0 Å². The lowest BCUT2D eigenvalue weighted by Gasteiger charge is -2.34. The molecule has 0 N–H and O–H groups in total. The molecule has 2 aliphatic rings. The van der Waals surface area contributed by atoms with Crippen LogP contribution >= 0.6 is 0 Å². The zero-order valence-electron chi connectivity index (χ0n) is 16.2. The van der Waals surface area contributed by atoms with Crippen molar-refractivity contribution in [1.29, 1.82) is 0 Å². The van der Waals surface area contributed by atoms with E-state index in [9.17, 15) is 8.42 Å². The molecule has 2 fully saturated rings. The summed E-state index contributed by atoms with van der Waals surface area (Å²) in [6, 6.07) is 1.87. The van der Waals surface area contributed by atoms with Gasteiger partial charge in [-0.2, -0.15) is 9.29 Å². The van der Waals surface area contributed by atoms with E-state index in [4.69, 9.17) is 4.74 Å². The van der Waals surface area contributed by atoms with Crippen molar-refractivity contribution in [3.63, 3.8) is 0 Å². The third-order valence-electron chi connectivity index (χ3n) is 5.18. The van der Waals surface area contributed by atoms with Gasteiger partial charge in [0.1, 0.15) is 11.6 Å². The predicted molar refractivity (Wildman–Crippen MR) is 104 cm³/mol. The van der Waals surface area contributed by atoms with Gasteiger partial charge in [-0.3, -0.25) is 0 Å². The Morgan fingerprint density at radius 2 is 1.71 bits per heavy atom. The van der Waals surface area contributed by atoms with Crippen LogP contribution in [0, 0.1) is 6.92 Å². The molecule has 0 saturated carbocycles. The van der Waals surface area contributed by atoms with E-state index in [0.29, 0.717) is 51.2 Å². The van der Waals surface area contributed by atoms with Gasteiger partial charge in [0, 0.05) is 58.7 Å². The van der Waals surface area contributed by atoms with Crippen molar-refractivity contribution in [2.24, 2.45) is 7.05 Å². The van der Waals surface area contributed by atoms with Crippen LogP contribution in [0.15, 0.2) is 23.5 Å². The predicted octanol–water partition coefficient (Wildman–Crippen LogP) is -0.134. The van der Waals surface area contributed by atoms with E-state index in [1.807, 2.05) is 6.07 Å². The minimum Gasteiger partial charge on any atom is -0.378 e. The summed E-state index contributed by atoms with van der Waals surface area (Å²) in [6.07, 6.45) is 3.32. The van der Waals surface area contributed by atoms with Crippen molar-refractivity contribution in [3.05, 3.63) is 24.3 Å². The summed E-state index contributed by atoms with van der Waals surface area (Å²) in [6.45, 7) is 6.64. The van der Waals surface area contributed by atoms with Crippen LogP contribution in [0.4, 0.5) is 11.8 Å². The molecule has 0 unspecified atom stereocenters. The van der Waals surface area contributed by atoms with Crippen LogP contribution in [-0.2, 0) is 21.8 Å². The lowest BCUT2D eigenvalue weighted by molar-refractivity contribution is 0.122. The molecule has 152 valence electrons. The fourth-order valence-electron chi connectivity index (χ4n) is 3.37. The molecule has 10 nitrogen and oxygen atoms in total. The Labute approximate surface area is 164 Å². The molecule has 2 aromatic heterocycles. The lowest BCUT2D eigenvalue weighted by Crippen LogP contribution is -2.49. The molecule has 2 saturated heterocycles. The zero-order valence-corrected chi connectivity index (χ0v) is 17.0. The Morgan fingerprint density at radius 1 is 1.00 bits per heavy atom. The fourth-order valence-corrected chi connectivity index (χ4v) is 4.82. The molecule has 0 spiro atoms. The molecule has 4 heterocycles. The first-order valence-corrected chi connectivity index (χ1v) is 10.8. The number of sulfonamides is 1. The van der Waals surface area contributed by atoms with Gasteiger partial charge in [-0.25, -0.2) is 18.4 Å². The zero-order chi connectivity index (χ0) is 19.7. The molecular weight excluding hydrogens is 382 g/mol. The SMILES string of the molecule is Cc1nc(S(=O)(=O)N2CCN(c3ccnc(N4CCOCC4)n3)CC2)cn1C. The van der Waals surface area contributed by atoms with Crippen molar-refractivity contribution < 1.29 is 13.2 Å². The van der Waals surface area contributed by atoms with Crippen LogP contribution in [0.1, 0.15) is 5.82 Å². The second-order valence-electron chi connectivity index (χ2n) is 6.94. The van der Waals surface area contributed by atoms with Crippen LogP contribution in [0.3, 0.4) is 0 Å². The van der Waals surface area contributed by atoms with Gasteiger partial charge in [0.25, 0.3) is 10.0 Å². The third kappa shape index (κ3) is 3.69. The van der Waals surface area contributed by atoms with Crippen molar-refractivity contribution in [1.82, 2.24) is 23.8 Å². The molecule has 0 atom stereocenters. The van der Waals surface area contributed by atoms with E-state index in [-0.39, 0.29) is 5.03 Å². The summed E-state index contributed by atoms with van der Waals surface area (Å²) in [7, 11) is -1.78. The van der Waals surface area contributed by atoms with E-state index in [0.717, 1.165) is 18.9 Å². The Bertz CT molecular complexity index is 912. The summed E-state index contributed by atoms with van der Waals surface area (Å²) < 4.78 is 34.3. The van der Waals surface area contributed by atoms with Gasteiger partial charge in [0.15, 0.2) is 5.03 Å². The number of hydrogen-bond acceptors (Lipinski definition) is 8. The number of anilines is 2. The number of ether oxygens (including phenoxy) is 1. The molecule has 2 aromatic rings. The maximum absolute atomic E-state index is 12.8. The number of aromatic nitrogens is 4. The van der Waals surface area contributed by atoms with Crippen LogP contribution < -0.4 is 9.80 Å². The molecule has 0 aromatic carbocycles. The van der Waals surface area contributed by atoms with Crippen molar-refractivity contribution in [3.8, 4) is 0 Å². The monoisotopic (exact) mass is 407 g/mol. The Balaban J connectivity index is 1.44. The van der Waals surface area contributed by atoms with Gasteiger partial charge in [0.05, 0.1) is 13.2 Å². The van der Waals surface area contributed by atoms with Crippen molar-refractivity contribution >= 4 is 21.8 Å². The minimum absolute atomic E-state index is 0.109. The highest BCUT2D eigenvalue weighted by atomic mass is 32.2. The number of aryl methyl sites for hydroxylation is 2. The van der Waals surface area contributed by atoms with Gasteiger partial charge in [-0.1, -0.05) is 0 Å². The lowest BCUT2D eigenvalue weighted by atomic mass is 10.3. The first-order valence-electron chi connectivity index (χ1n) is 9.36. The van der Waals surface area contributed by atoms with Crippen LogP contribution in [0.25, 0.3) is 0 Å². The molecule has 4 rings (SSSR count). The third-order valence-corrected chi connectivity index (χ3v) is 6.95. The number of nitrogens with zero attached hydrogens (tertiary/aromatic N) is 7. The van der Waals surface area contributed by atoms with Gasteiger partial charge in [0.2, 0.25) is 5.95 Å². The first-order chi connectivity index (χ1) is 13.4. The summed E-state index contributed by atoms with van der Waals surface area (Å²) in [4.78, 5) is 17.4. The second kappa shape index (κ2) is 7.64. The van der Waals surface area contributed by atoms with E-state index < -0.39 is 10.0 Å². The molecule has 2 aliphatic heterocycles. The molecule has 0 radical (unpaired) electrons. The van der Waals surface area contributed by atoms with Crippen LogP contribution in [-0.4, -0.2) is 84.7 Å². The van der Waals surface area contributed by atoms with E-state index in [1.54, 1.807) is 30.9 Å². The molecule has 28 heavy (non-hydrogen) atoms. The van der Waals surface area contributed by atoms with Crippen LogP contribution in [0.5, 0.6) is 0 Å². The van der Waals surface area contributed by atoms with Crippen molar-refractivity contribution in [2.45, 2.75) is 11.9 Å². The smallest absolute Gasteiger partial charge is 0.262 e. The Kier molecular flexibility index (Phi) is 5.21. The average molecular weight is 408 g/mol. The largest absolute Gasteiger partial charge is 0.378 e.